The molecule has 3 aromatic carbocycles. The van der Waals surface area contributed by atoms with E-state index < -0.39 is 6.09 Å². The van der Waals surface area contributed by atoms with Gasteiger partial charge >= 0.3 is 6.09 Å². The van der Waals surface area contributed by atoms with Gasteiger partial charge in [0.1, 0.15) is 18.1 Å². The summed E-state index contributed by atoms with van der Waals surface area (Å²) in [7, 11) is 1.42. The van der Waals surface area contributed by atoms with Crippen LogP contribution in [0.25, 0.3) is 11.1 Å². The van der Waals surface area contributed by atoms with Crippen LogP contribution in [-0.2, 0) is 27.6 Å². The molecule has 1 heterocycles. The number of aryl methyl sites for hydroxylation is 1. The summed E-state index contributed by atoms with van der Waals surface area (Å²) in [6.07, 6.45) is 1.86. The Morgan fingerprint density at radius 2 is 1.69 bits per heavy atom. The van der Waals surface area contributed by atoms with Crippen LogP contribution in [0.1, 0.15) is 29.5 Å². The number of carbonyl (C=O) groups excluding carboxylic acids is 3. The van der Waals surface area contributed by atoms with E-state index in [-0.39, 0.29) is 19.1 Å². The predicted molar refractivity (Wildman–Crippen MR) is 146 cm³/mol. The Bertz CT molecular complexity index is 1290. The highest BCUT2D eigenvalue weighted by atomic mass is 16.7. The van der Waals surface area contributed by atoms with Gasteiger partial charge in [-0.15, -0.1) is 0 Å². The molecule has 0 aliphatic carbocycles. The van der Waals surface area contributed by atoms with Gasteiger partial charge < -0.3 is 24.5 Å². The topological polar surface area (TPSA) is 97.4 Å². The summed E-state index contributed by atoms with van der Waals surface area (Å²) in [5, 5.41) is 3.21. The first-order valence-electron chi connectivity index (χ1n) is 12.9. The fraction of sp³-hybridized carbons (Fsp3) is 0.300. The van der Waals surface area contributed by atoms with E-state index in [9.17, 15) is 14.4 Å². The normalized spacial score (nSPS) is 12.5. The summed E-state index contributed by atoms with van der Waals surface area (Å²) in [5.74, 6) is 1.40. The standard InChI is InChI=1S/C30H33N3O6/c1-22-16-27(38-20-29(35)32-14-3-4-15-32)12-13-28(22)25-7-5-6-24(17-25)19-37-26-10-8-23(9-11-26)18-33(21-34)39-30(36)31-2/h5-13,16-17,21H,3-4,14-15,18-20H2,1-2H3,(H,31,36). The SMILES string of the molecule is CNC(=O)ON(C=O)Cc1ccc(OCc2cccc(-c3ccc(OCC(=O)N4CCCC4)cc3C)c2)cc1. The maximum atomic E-state index is 12.3. The second-order valence-corrected chi connectivity index (χ2v) is 9.30. The third-order valence-corrected chi connectivity index (χ3v) is 6.45. The maximum Gasteiger partial charge on any atom is 0.431 e. The van der Waals surface area contributed by atoms with Gasteiger partial charge in [-0.1, -0.05) is 36.4 Å². The number of hydroxylamine groups is 2. The Morgan fingerprint density at radius 3 is 2.38 bits per heavy atom. The molecule has 0 spiro atoms. The van der Waals surface area contributed by atoms with Crippen LogP contribution >= 0.6 is 0 Å². The van der Waals surface area contributed by atoms with Gasteiger partial charge in [-0.25, -0.2) is 4.79 Å². The van der Waals surface area contributed by atoms with Crippen molar-refractivity contribution in [3.8, 4) is 22.6 Å². The molecule has 1 fully saturated rings. The lowest BCUT2D eigenvalue weighted by Gasteiger charge is -2.16. The number of carbonyl (C=O) groups is 3. The average molecular weight is 532 g/mol. The molecule has 9 nitrogen and oxygen atoms in total. The molecule has 9 heteroatoms. The Labute approximate surface area is 228 Å². The average Bonchev–Trinajstić information content (AvgIpc) is 3.50. The van der Waals surface area contributed by atoms with Gasteiger partial charge in [0.15, 0.2) is 6.61 Å². The minimum atomic E-state index is -0.715. The van der Waals surface area contributed by atoms with Crippen LogP contribution < -0.4 is 14.8 Å². The molecule has 3 aromatic rings. The van der Waals surface area contributed by atoms with Crippen LogP contribution in [-0.4, -0.2) is 55.1 Å². The summed E-state index contributed by atoms with van der Waals surface area (Å²) in [5.41, 5.74) is 4.99. The third-order valence-electron chi connectivity index (χ3n) is 6.45. The minimum absolute atomic E-state index is 0.0366. The van der Waals surface area contributed by atoms with E-state index in [2.05, 4.69) is 17.4 Å². The Balaban J connectivity index is 1.32. The number of nitrogens with one attached hydrogen (secondary N) is 1. The van der Waals surface area contributed by atoms with E-state index in [1.165, 1.54) is 7.05 Å². The Hall–Kier alpha value is -4.53. The summed E-state index contributed by atoms with van der Waals surface area (Å²) >= 11 is 0. The zero-order chi connectivity index (χ0) is 27.6. The molecule has 0 saturated carbocycles. The molecular weight excluding hydrogens is 498 g/mol. The number of benzene rings is 3. The molecule has 39 heavy (non-hydrogen) atoms. The molecule has 3 amide bonds. The summed E-state index contributed by atoms with van der Waals surface area (Å²) in [6, 6.07) is 21.2. The summed E-state index contributed by atoms with van der Waals surface area (Å²) in [6.45, 7) is 4.23. The molecule has 0 unspecified atom stereocenters. The smallest absolute Gasteiger partial charge is 0.431 e. The first-order chi connectivity index (χ1) is 18.9. The number of nitrogens with zero attached hydrogens (tertiary/aromatic N) is 2. The molecule has 0 atom stereocenters. The summed E-state index contributed by atoms with van der Waals surface area (Å²) in [4.78, 5) is 41.4. The van der Waals surface area contributed by atoms with Crippen molar-refractivity contribution < 1.29 is 28.7 Å². The highest BCUT2D eigenvalue weighted by Crippen LogP contribution is 2.28. The molecule has 204 valence electrons. The van der Waals surface area contributed by atoms with Gasteiger partial charge in [0.25, 0.3) is 5.91 Å². The van der Waals surface area contributed by atoms with Crippen molar-refractivity contribution in [2.75, 3.05) is 26.7 Å². The van der Waals surface area contributed by atoms with Crippen molar-refractivity contribution in [2.24, 2.45) is 0 Å². The molecule has 0 bridgehead atoms. The van der Waals surface area contributed by atoms with Crippen molar-refractivity contribution in [1.82, 2.24) is 15.3 Å². The Kier molecular flexibility index (Phi) is 9.39. The predicted octanol–water partition coefficient (Wildman–Crippen LogP) is 4.47. The van der Waals surface area contributed by atoms with Gasteiger partial charge in [0, 0.05) is 20.1 Å². The second kappa shape index (κ2) is 13.3. The number of hydrogen-bond acceptors (Lipinski definition) is 6. The molecule has 0 radical (unpaired) electrons. The van der Waals surface area contributed by atoms with E-state index in [0.717, 1.165) is 58.8 Å². The van der Waals surface area contributed by atoms with Crippen LogP contribution in [0.2, 0.25) is 0 Å². The molecule has 1 aliphatic heterocycles. The number of rotatable bonds is 11. The van der Waals surface area contributed by atoms with Gasteiger partial charge in [-0.05, 0) is 77.9 Å². The first-order valence-corrected chi connectivity index (χ1v) is 12.9. The number of amides is 3. The van der Waals surface area contributed by atoms with Gasteiger partial charge in [-0.2, -0.15) is 5.06 Å². The van der Waals surface area contributed by atoms with Gasteiger partial charge in [0.2, 0.25) is 6.41 Å². The zero-order valence-electron chi connectivity index (χ0n) is 22.2. The molecule has 1 aliphatic rings. The van der Waals surface area contributed by atoms with E-state index >= 15 is 0 Å². The van der Waals surface area contributed by atoms with E-state index in [1.54, 1.807) is 24.3 Å². The third kappa shape index (κ3) is 7.73. The van der Waals surface area contributed by atoms with Crippen LogP contribution in [0.4, 0.5) is 4.79 Å². The Morgan fingerprint density at radius 1 is 0.949 bits per heavy atom. The van der Waals surface area contributed by atoms with Crippen molar-refractivity contribution in [1.29, 1.82) is 0 Å². The van der Waals surface area contributed by atoms with Gasteiger partial charge in [-0.3, -0.25) is 9.59 Å². The molecule has 4 rings (SSSR count). The van der Waals surface area contributed by atoms with Crippen LogP contribution in [0.5, 0.6) is 11.5 Å². The van der Waals surface area contributed by atoms with Crippen molar-refractivity contribution >= 4 is 18.4 Å². The molecule has 0 aromatic heterocycles. The highest BCUT2D eigenvalue weighted by Gasteiger charge is 2.18. The second-order valence-electron chi connectivity index (χ2n) is 9.30. The van der Waals surface area contributed by atoms with Crippen molar-refractivity contribution in [3.63, 3.8) is 0 Å². The van der Waals surface area contributed by atoms with Crippen LogP contribution in [0, 0.1) is 6.92 Å². The zero-order valence-corrected chi connectivity index (χ0v) is 22.2. The lowest BCUT2D eigenvalue weighted by atomic mass is 9.99. The van der Waals surface area contributed by atoms with Crippen molar-refractivity contribution in [2.45, 2.75) is 32.9 Å². The molecule has 1 N–H and O–H groups in total. The number of likely N-dealkylation sites (tertiary alicyclic amines) is 1. The van der Waals surface area contributed by atoms with Crippen molar-refractivity contribution in [3.05, 3.63) is 83.4 Å². The number of hydrogen-bond donors (Lipinski definition) is 1. The fourth-order valence-corrected chi connectivity index (χ4v) is 4.36. The molecular formula is C30H33N3O6. The van der Waals surface area contributed by atoms with E-state index in [4.69, 9.17) is 14.3 Å². The highest BCUT2D eigenvalue weighted by molar-refractivity contribution is 5.78. The lowest BCUT2D eigenvalue weighted by Crippen LogP contribution is -2.32. The largest absolute Gasteiger partial charge is 0.489 e. The van der Waals surface area contributed by atoms with Gasteiger partial charge in [0.05, 0.1) is 6.54 Å². The minimum Gasteiger partial charge on any atom is -0.489 e. The van der Waals surface area contributed by atoms with Crippen LogP contribution in [0.3, 0.4) is 0 Å². The maximum absolute atomic E-state index is 12.3. The quantitative estimate of drug-likeness (QED) is 0.290. The molecule has 1 saturated heterocycles. The summed E-state index contributed by atoms with van der Waals surface area (Å²) < 4.78 is 11.7. The number of ether oxygens (including phenoxy) is 2. The monoisotopic (exact) mass is 531 g/mol. The first kappa shape index (κ1) is 27.5. The van der Waals surface area contributed by atoms with E-state index in [1.807, 2.05) is 42.2 Å². The lowest BCUT2D eigenvalue weighted by molar-refractivity contribution is -0.152. The fourth-order valence-electron chi connectivity index (χ4n) is 4.36. The van der Waals surface area contributed by atoms with Crippen LogP contribution in [0.15, 0.2) is 66.7 Å². The van der Waals surface area contributed by atoms with E-state index in [0.29, 0.717) is 24.5 Å².